The van der Waals surface area contributed by atoms with E-state index in [1.165, 1.54) is 19.2 Å². The molecule has 0 bridgehead atoms. The van der Waals surface area contributed by atoms with Gasteiger partial charge < -0.3 is 14.4 Å². The summed E-state index contributed by atoms with van der Waals surface area (Å²) in [6.07, 6.45) is 1.12. The number of methoxy groups -OCH3 is 1. The minimum atomic E-state index is -2.90. The molecule has 5 nitrogen and oxygen atoms in total. The highest BCUT2D eigenvalue weighted by atomic mass is 35.5. The number of rotatable bonds is 6. The second kappa shape index (κ2) is 8.72. The lowest BCUT2D eigenvalue weighted by molar-refractivity contribution is 0.0174. The van der Waals surface area contributed by atoms with Gasteiger partial charge in [0.15, 0.2) is 0 Å². The molecule has 0 spiro atoms. The molecule has 33 heavy (non-hydrogen) atoms. The van der Waals surface area contributed by atoms with E-state index in [2.05, 4.69) is 9.97 Å². The van der Waals surface area contributed by atoms with E-state index < -0.39 is 12.0 Å². The zero-order valence-corrected chi connectivity index (χ0v) is 19.5. The summed E-state index contributed by atoms with van der Waals surface area (Å²) in [4.78, 5) is 8.83. The zero-order valence-electron chi connectivity index (χ0n) is 18.7. The predicted octanol–water partition coefficient (Wildman–Crippen LogP) is 5.72. The maximum Gasteiger partial charge on any atom is 0.270 e. The van der Waals surface area contributed by atoms with Crippen molar-refractivity contribution in [3.63, 3.8) is 0 Å². The largest absolute Gasteiger partial charge is 0.481 e. The second-order valence-corrected chi connectivity index (χ2v) is 8.52. The minimum Gasteiger partial charge on any atom is -0.481 e. The van der Waals surface area contributed by atoms with Gasteiger partial charge in [-0.05, 0) is 30.2 Å². The number of nitrogens with zero attached hydrogens (tertiary/aromatic N) is 3. The van der Waals surface area contributed by atoms with Gasteiger partial charge in [0.25, 0.3) is 5.92 Å². The molecule has 0 saturated heterocycles. The smallest absolute Gasteiger partial charge is 0.270 e. The number of halogens is 3. The molecule has 4 rings (SSSR count). The second-order valence-electron chi connectivity index (χ2n) is 8.14. The Morgan fingerprint density at radius 3 is 2.45 bits per heavy atom. The number of imidazole rings is 1. The SMILES string of the molecule is COc1nc2ccc(C(O)c3cnc(C)n3C)cc2c(Cl)c1Cc1ccc(C(C)(F)F)cc1. The van der Waals surface area contributed by atoms with Gasteiger partial charge in [0.1, 0.15) is 11.9 Å². The highest BCUT2D eigenvalue weighted by Gasteiger charge is 2.24. The summed E-state index contributed by atoms with van der Waals surface area (Å²) in [5.41, 5.74) is 3.33. The molecule has 2 aromatic carbocycles. The number of alkyl halides is 2. The summed E-state index contributed by atoms with van der Waals surface area (Å²) in [6, 6.07) is 11.5. The lowest BCUT2D eigenvalue weighted by Gasteiger charge is -2.16. The van der Waals surface area contributed by atoms with Crippen LogP contribution in [0.5, 0.6) is 5.88 Å². The van der Waals surface area contributed by atoms with Gasteiger partial charge in [-0.2, -0.15) is 0 Å². The standard InChI is InChI=1S/C25H24ClF2N3O2/c1-14-29-13-21(31(14)3)23(32)16-7-10-20-18(12-16)22(26)19(24(30-20)33-4)11-15-5-8-17(9-6-15)25(2,27)28/h5-10,12-13,23,32H,11H2,1-4H3. The van der Waals surface area contributed by atoms with E-state index in [0.717, 1.165) is 18.3 Å². The average Bonchev–Trinajstić information content (AvgIpc) is 3.12. The molecule has 0 aliphatic rings. The minimum absolute atomic E-state index is 0.0509. The number of pyridine rings is 1. The third-order valence-corrected chi connectivity index (χ3v) is 6.32. The molecule has 4 aromatic rings. The number of fused-ring (bicyclic) bond motifs is 1. The van der Waals surface area contributed by atoms with E-state index in [4.69, 9.17) is 16.3 Å². The monoisotopic (exact) mass is 471 g/mol. The van der Waals surface area contributed by atoms with Crippen molar-refractivity contribution >= 4 is 22.5 Å². The summed E-state index contributed by atoms with van der Waals surface area (Å²) < 4.78 is 34.4. The van der Waals surface area contributed by atoms with Gasteiger partial charge >= 0.3 is 0 Å². The molecule has 0 saturated carbocycles. The Morgan fingerprint density at radius 2 is 1.88 bits per heavy atom. The number of aliphatic hydroxyl groups excluding tert-OH is 1. The number of aromatic nitrogens is 3. The molecule has 172 valence electrons. The third kappa shape index (κ3) is 4.43. The number of aryl methyl sites for hydroxylation is 1. The molecule has 0 radical (unpaired) electrons. The molecule has 0 fully saturated rings. The molecular weight excluding hydrogens is 448 g/mol. The van der Waals surface area contributed by atoms with Crippen molar-refractivity contribution < 1.29 is 18.6 Å². The first kappa shape index (κ1) is 23.1. The highest BCUT2D eigenvalue weighted by Crippen LogP contribution is 2.36. The summed E-state index contributed by atoms with van der Waals surface area (Å²) in [5, 5.41) is 12.0. The number of hydrogen-bond donors (Lipinski definition) is 1. The molecule has 0 amide bonds. The van der Waals surface area contributed by atoms with Gasteiger partial charge in [0.05, 0.1) is 29.5 Å². The fourth-order valence-electron chi connectivity index (χ4n) is 3.82. The van der Waals surface area contributed by atoms with Gasteiger partial charge in [0, 0.05) is 36.9 Å². The number of ether oxygens (including phenoxy) is 1. The summed E-state index contributed by atoms with van der Waals surface area (Å²) in [7, 11) is 3.36. The number of aliphatic hydroxyl groups is 1. The molecule has 2 heterocycles. The number of hydrogen-bond acceptors (Lipinski definition) is 4. The Kier molecular flexibility index (Phi) is 6.12. The Balaban J connectivity index is 1.75. The van der Waals surface area contributed by atoms with Gasteiger partial charge in [0.2, 0.25) is 5.88 Å². The van der Waals surface area contributed by atoms with Crippen LogP contribution in [0.4, 0.5) is 8.78 Å². The van der Waals surface area contributed by atoms with Crippen LogP contribution in [-0.4, -0.2) is 26.8 Å². The van der Waals surface area contributed by atoms with Crippen molar-refractivity contribution in [2.75, 3.05) is 7.11 Å². The summed E-state index contributed by atoms with van der Waals surface area (Å²) >= 11 is 6.80. The highest BCUT2D eigenvalue weighted by molar-refractivity contribution is 6.36. The van der Waals surface area contributed by atoms with Gasteiger partial charge in [-0.1, -0.05) is 41.9 Å². The van der Waals surface area contributed by atoms with Crippen LogP contribution < -0.4 is 4.74 Å². The van der Waals surface area contributed by atoms with Crippen molar-refractivity contribution in [1.29, 1.82) is 0 Å². The molecule has 1 N–H and O–H groups in total. The van der Waals surface area contributed by atoms with E-state index in [1.807, 2.05) is 18.5 Å². The topological polar surface area (TPSA) is 60.2 Å². The maximum absolute atomic E-state index is 13.5. The summed E-state index contributed by atoms with van der Waals surface area (Å²) in [5.74, 6) is -1.74. The fraction of sp³-hybridized carbons (Fsp3) is 0.280. The molecule has 1 atom stereocenters. The molecule has 0 aliphatic carbocycles. The maximum atomic E-state index is 13.5. The summed E-state index contributed by atoms with van der Waals surface area (Å²) in [6.45, 7) is 2.73. The van der Waals surface area contributed by atoms with Gasteiger partial charge in [-0.3, -0.25) is 0 Å². The van der Waals surface area contributed by atoms with Crippen molar-refractivity contribution in [2.24, 2.45) is 7.05 Å². The van der Waals surface area contributed by atoms with Crippen molar-refractivity contribution in [1.82, 2.24) is 14.5 Å². The fourth-order valence-corrected chi connectivity index (χ4v) is 4.12. The van der Waals surface area contributed by atoms with Crippen LogP contribution in [0, 0.1) is 6.92 Å². The lowest BCUT2D eigenvalue weighted by atomic mass is 9.99. The van der Waals surface area contributed by atoms with Crippen LogP contribution in [0.25, 0.3) is 10.9 Å². The normalized spacial score (nSPS) is 12.8. The van der Waals surface area contributed by atoms with Crippen LogP contribution in [0.2, 0.25) is 5.02 Å². The lowest BCUT2D eigenvalue weighted by Crippen LogP contribution is -2.07. The Hall–Kier alpha value is -3.03. The Labute approximate surface area is 195 Å². The molecule has 2 aromatic heterocycles. The third-order valence-electron chi connectivity index (χ3n) is 5.89. The Morgan fingerprint density at radius 1 is 1.18 bits per heavy atom. The Bertz CT molecular complexity index is 1310. The average molecular weight is 472 g/mol. The molecule has 1 unspecified atom stereocenters. The van der Waals surface area contributed by atoms with Crippen molar-refractivity contribution in [2.45, 2.75) is 32.3 Å². The van der Waals surface area contributed by atoms with Crippen molar-refractivity contribution in [3.8, 4) is 5.88 Å². The molecule has 0 aliphatic heterocycles. The van der Waals surface area contributed by atoms with Crippen LogP contribution >= 0.6 is 11.6 Å². The van der Waals surface area contributed by atoms with Crippen molar-refractivity contribution in [3.05, 3.63) is 87.5 Å². The number of benzene rings is 2. The van der Waals surface area contributed by atoms with E-state index in [-0.39, 0.29) is 5.56 Å². The van der Waals surface area contributed by atoms with Crippen LogP contribution in [0.3, 0.4) is 0 Å². The molecular formula is C25H24ClF2N3O2. The van der Waals surface area contributed by atoms with E-state index in [9.17, 15) is 13.9 Å². The van der Waals surface area contributed by atoms with E-state index in [0.29, 0.717) is 45.0 Å². The van der Waals surface area contributed by atoms with Gasteiger partial charge in [-0.25, -0.2) is 18.7 Å². The van der Waals surface area contributed by atoms with E-state index >= 15 is 0 Å². The van der Waals surface area contributed by atoms with Gasteiger partial charge in [-0.15, -0.1) is 0 Å². The van der Waals surface area contributed by atoms with Crippen LogP contribution in [-0.2, 0) is 19.4 Å². The predicted molar refractivity (Wildman–Crippen MR) is 124 cm³/mol. The van der Waals surface area contributed by atoms with Crippen LogP contribution in [0.1, 0.15) is 46.8 Å². The zero-order chi connectivity index (χ0) is 23.9. The molecule has 8 heteroatoms. The quantitative estimate of drug-likeness (QED) is 0.390. The first-order chi connectivity index (χ1) is 15.6. The van der Waals surface area contributed by atoms with Crippen LogP contribution in [0.15, 0.2) is 48.7 Å². The first-order valence-corrected chi connectivity index (χ1v) is 10.8. The van der Waals surface area contributed by atoms with E-state index in [1.54, 1.807) is 36.5 Å². The first-order valence-electron chi connectivity index (χ1n) is 10.4.